The van der Waals surface area contributed by atoms with Gasteiger partial charge < -0.3 is 11.1 Å². The molecule has 1 fully saturated rings. The Kier molecular flexibility index (Phi) is 5.83. The Bertz CT molecular complexity index is 647. The molecule has 2 rings (SSSR count). The summed E-state index contributed by atoms with van der Waals surface area (Å²) in [6, 6.07) is 3.32. The minimum atomic E-state index is -3.42. The van der Waals surface area contributed by atoms with Crippen LogP contribution < -0.4 is 11.1 Å². The third-order valence-electron chi connectivity index (χ3n) is 3.87. The molecule has 1 aromatic heterocycles. The second-order valence-corrected chi connectivity index (χ2v) is 9.83. The molecule has 0 aromatic carbocycles. The van der Waals surface area contributed by atoms with Gasteiger partial charge in [0.1, 0.15) is 4.21 Å². The van der Waals surface area contributed by atoms with Crippen LogP contribution in [-0.4, -0.2) is 43.8 Å². The number of sulfonamides is 1. The molecular weight excluding hydrogens is 334 g/mol. The zero-order valence-corrected chi connectivity index (χ0v) is 15.3. The summed E-state index contributed by atoms with van der Waals surface area (Å²) in [6.07, 6.45) is 3.07. The lowest BCUT2D eigenvalue weighted by atomic mass is 10.1. The topological polar surface area (TPSA) is 92.5 Å². The third kappa shape index (κ3) is 4.76. The molecule has 1 saturated heterocycles. The molecule has 0 spiro atoms. The predicted molar refractivity (Wildman–Crippen MR) is 91.9 cm³/mol. The fourth-order valence-electron chi connectivity index (χ4n) is 2.46. The lowest BCUT2D eigenvalue weighted by Crippen LogP contribution is -2.49. The molecule has 6 nitrogen and oxygen atoms in total. The maximum Gasteiger partial charge on any atom is 0.252 e. The summed E-state index contributed by atoms with van der Waals surface area (Å²) >= 11 is 1.17. The number of carbonyl (C=O) groups is 1. The van der Waals surface area contributed by atoms with Crippen LogP contribution in [0.15, 0.2) is 16.3 Å². The van der Waals surface area contributed by atoms with E-state index in [0.29, 0.717) is 23.8 Å². The standard InChI is InChI=1S/C15H25N3O3S2/c1-15(2,11-16)17-13(19)10-12-6-7-14(22-12)23(20,21)18-8-4-3-5-9-18/h6-7H,3-5,8-11,16H2,1-2H3,(H,17,19). The second kappa shape index (κ2) is 7.29. The summed E-state index contributed by atoms with van der Waals surface area (Å²) in [5.74, 6) is -0.149. The van der Waals surface area contributed by atoms with Gasteiger partial charge in [-0.1, -0.05) is 6.42 Å². The van der Waals surface area contributed by atoms with Gasteiger partial charge in [0.15, 0.2) is 0 Å². The maximum atomic E-state index is 12.6. The first-order valence-electron chi connectivity index (χ1n) is 7.84. The quantitative estimate of drug-likeness (QED) is 0.801. The van der Waals surface area contributed by atoms with Crippen molar-refractivity contribution in [3.63, 3.8) is 0 Å². The number of hydrogen-bond donors (Lipinski definition) is 2. The summed E-state index contributed by atoms with van der Waals surface area (Å²) in [5, 5.41) is 2.85. The molecule has 0 unspecified atom stereocenters. The highest BCUT2D eigenvalue weighted by Crippen LogP contribution is 2.27. The molecule has 0 atom stereocenters. The summed E-state index contributed by atoms with van der Waals surface area (Å²) in [5.41, 5.74) is 5.13. The highest BCUT2D eigenvalue weighted by molar-refractivity contribution is 7.91. The number of hydrogen-bond acceptors (Lipinski definition) is 5. The van der Waals surface area contributed by atoms with Crippen molar-refractivity contribution < 1.29 is 13.2 Å². The van der Waals surface area contributed by atoms with Gasteiger partial charge in [-0.3, -0.25) is 4.79 Å². The minimum absolute atomic E-state index is 0.149. The lowest BCUT2D eigenvalue weighted by Gasteiger charge is -2.25. The molecule has 1 aliphatic heterocycles. The lowest BCUT2D eigenvalue weighted by molar-refractivity contribution is -0.121. The first-order valence-corrected chi connectivity index (χ1v) is 10.1. The number of nitrogens with zero attached hydrogens (tertiary/aromatic N) is 1. The van der Waals surface area contributed by atoms with E-state index in [9.17, 15) is 13.2 Å². The molecule has 0 radical (unpaired) electrons. The van der Waals surface area contributed by atoms with E-state index in [1.54, 1.807) is 16.4 Å². The predicted octanol–water partition coefficient (Wildman–Crippen LogP) is 1.32. The van der Waals surface area contributed by atoms with Gasteiger partial charge in [-0.05, 0) is 38.8 Å². The molecule has 1 aromatic rings. The summed E-state index contributed by atoms with van der Waals surface area (Å²) in [6.45, 7) is 5.22. The van der Waals surface area contributed by atoms with Gasteiger partial charge in [-0.15, -0.1) is 11.3 Å². The zero-order chi connectivity index (χ0) is 17.1. The maximum absolute atomic E-state index is 12.6. The molecule has 1 amide bonds. The largest absolute Gasteiger partial charge is 0.350 e. The number of piperidine rings is 1. The zero-order valence-electron chi connectivity index (χ0n) is 13.7. The highest BCUT2D eigenvalue weighted by atomic mass is 32.2. The molecule has 130 valence electrons. The summed E-state index contributed by atoms with van der Waals surface area (Å²) in [4.78, 5) is 12.8. The van der Waals surface area contributed by atoms with E-state index in [0.717, 1.165) is 24.1 Å². The first-order chi connectivity index (χ1) is 10.7. The number of nitrogens with one attached hydrogen (secondary N) is 1. The molecule has 8 heteroatoms. The van der Waals surface area contributed by atoms with E-state index < -0.39 is 15.6 Å². The van der Waals surface area contributed by atoms with Crippen molar-refractivity contribution >= 4 is 27.3 Å². The van der Waals surface area contributed by atoms with Crippen LogP contribution in [0.1, 0.15) is 38.0 Å². The Hall–Kier alpha value is -0.960. The van der Waals surface area contributed by atoms with Gasteiger partial charge in [-0.2, -0.15) is 4.31 Å². The number of rotatable bonds is 6. The summed E-state index contributed by atoms with van der Waals surface area (Å²) in [7, 11) is -3.42. The average molecular weight is 360 g/mol. The average Bonchev–Trinajstić information content (AvgIpc) is 2.96. The fraction of sp³-hybridized carbons (Fsp3) is 0.667. The van der Waals surface area contributed by atoms with Crippen molar-refractivity contribution in [2.24, 2.45) is 5.73 Å². The number of amides is 1. The van der Waals surface area contributed by atoms with Crippen molar-refractivity contribution in [2.45, 2.75) is 49.3 Å². The van der Waals surface area contributed by atoms with Crippen molar-refractivity contribution in [3.05, 3.63) is 17.0 Å². The monoisotopic (exact) mass is 359 g/mol. The Morgan fingerprint density at radius 3 is 2.57 bits per heavy atom. The highest BCUT2D eigenvalue weighted by Gasteiger charge is 2.27. The van der Waals surface area contributed by atoms with Gasteiger partial charge in [-0.25, -0.2) is 8.42 Å². The van der Waals surface area contributed by atoms with Crippen LogP contribution in [0, 0.1) is 0 Å². The SMILES string of the molecule is CC(C)(CN)NC(=O)Cc1ccc(S(=O)(=O)N2CCCCC2)s1. The van der Waals surface area contributed by atoms with Gasteiger partial charge >= 0.3 is 0 Å². The van der Waals surface area contributed by atoms with E-state index in [2.05, 4.69) is 5.32 Å². The molecule has 0 saturated carbocycles. The summed E-state index contributed by atoms with van der Waals surface area (Å²) < 4.78 is 27.0. The van der Waals surface area contributed by atoms with E-state index in [4.69, 9.17) is 5.73 Å². The van der Waals surface area contributed by atoms with Crippen molar-refractivity contribution in [3.8, 4) is 0 Å². The van der Waals surface area contributed by atoms with Gasteiger partial charge in [0, 0.05) is 30.1 Å². The molecule has 3 N–H and O–H groups in total. The Labute approximate surface area is 142 Å². The Morgan fingerprint density at radius 2 is 1.96 bits per heavy atom. The smallest absolute Gasteiger partial charge is 0.252 e. The molecule has 2 heterocycles. The third-order valence-corrected chi connectivity index (χ3v) is 7.32. The molecule has 1 aliphatic rings. The van der Waals surface area contributed by atoms with Crippen LogP contribution in [0.25, 0.3) is 0 Å². The molecule has 0 aliphatic carbocycles. The van der Waals surface area contributed by atoms with Crippen LogP contribution in [0.5, 0.6) is 0 Å². The second-order valence-electron chi connectivity index (χ2n) is 6.50. The van der Waals surface area contributed by atoms with Gasteiger partial charge in [0.2, 0.25) is 5.91 Å². The van der Waals surface area contributed by atoms with E-state index in [-0.39, 0.29) is 12.3 Å². The van der Waals surface area contributed by atoms with Gasteiger partial charge in [0.05, 0.1) is 6.42 Å². The molecule has 23 heavy (non-hydrogen) atoms. The van der Waals surface area contributed by atoms with Crippen LogP contribution in [-0.2, 0) is 21.2 Å². The number of thiophene rings is 1. The van der Waals surface area contributed by atoms with E-state index >= 15 is 0 Å². The van der Waals surface area contributed by atoms with Gasteiger partial charge in [0.25, 0.3) is 10.0 Å². The first kappa shape index (κ1) is 18.4. The van der Waals surface area contributed by atoms with Crippen LogP contribution in [0.4, 0.5) is 0 Å². The van der Waals surface area contributed by atoms with E-state index in [1.807, 2.05) is 13.8 Å². The van der Waals surface area contributed by atoms with Crippen LogP contribution >= 0.6 is 11.3 Å². The van der Waals surface area contributed by atoms with E-state index in [1.165, 1.54) is 11.3 Å². The fourth-order valence-corrected chi connectivity index (χ4v) is 5.48. The van der Waals surface area contributed by atoms with Crippen LogP contribution in [0.3, 0.4) is 0 Å². The Balaban J connectivity index is 2.04. The molecular formula is C15H25N3O3S2. The number of carbonyl (C=O) groups excluding carboxylic acids is 1. The van der Waals surface area contributed by atoms with Crippen molar-refractivity contribution in [1.82, 2.24) is 9.62 Å². The Morgan fingerprint density at radius 1 is 1.30 bits per heavy atom. The van der Waals surface area contributed by atoms with Crippen LogP contribution in [0.2, 0.25) is 0 Å². The molecule has 0 bridgehead atoms. The normalized spacial score (nSPS) is 17.2. The van der Waals surface area contributed by atoms with Crippen molar-refractivity contribution in [1.29, 1.82) is 0 Å². The number of nitrogens with two attached hydrogens (primary N) is 1. The minimum Gasteiger partial charge on any atom is -0.350 e. The van der Waals surface area contributed by atoms with Crippen molar-refractivity contribution in [2.75, 3.05) is 19.6 Å².